The third kappa shape index (κ3) is 3.31. The van der Waals surface area contributed by atoms with Crippen LogP contribution in [0.3, 0.4) is 0 Å². The fourth-order valence-corrected chi connectivity index (χ4v) is 2.96. The number of aliphatic hydroxyl groups is 1. The highest BCUT2D eigenvalue weighted by atomic mass is 16.3. The molecule has 0 amide bonds. The van der Waals surface area contributed by atoms with Crippen LogP contribution in [-0.4, -0.2) is 32.2 Å². The van der Waals surface area contributed by atoms with Crippen LogP contribution < -0.4 is 5.32 Å². The van der Waals surface area contributed by atoms with Crippen molar-refractivity contribution in [3.05, 3.63) is 42.2 Å². The number of nitrogens with zero attached hydrogens (tertiary/aromatic N) is 3. The molecule has 0 radical (unpaired) electrons. The van der Waals surface area contributed by atoms with Gasteiger partial charge in [-0.15, -0.1) is 0 Å². The van der Waals surface area contributed by atoms with Crippen molar-refractivity contribution in [1.82, 2.24) is 20.3 Å². The van der Waals surface area contributed by atoms with Crippen LogP contribution in [0.25, 0.3) is 5.69 Å². The van der Waals surface area contributed by atoms with Gasteiger partial charge in [-0.1, -0.05) is 37.5 Å². The Hall–Kier alpha value is -1.72. The molecule has 1 aromatic carbocycles. The van der Waals surface area contributed by atoms with Gasteiger partial charge in [-0.3, -0.25) is 0 Å². The van der Waals surface area contributed by atoms with Crippen molar-refractivity contribution in [2.45, 2.75) is 44.2 Å². The van der Waals surface area contributed by atoms with Gasteiger partial charge in [0.2, 0.25) is 0 Å². The van der Waals surface area contributed by atoms with Crippen LogP contribution in [0.2, 0.25) is 0 Å². The van der Waals surface area contributed by atoms with Gasteiger partial charge >= 0.3 is 0 Å². The molecule has 112 valence electrons. The lowest BCUT2D eigenvalue weighted by Gasteiger charge is -2.36. The first-order valence-electron chi connectivity index (χ1n) is 7.64. The van der Waals surface area contributed by atoms with E-state index < -0.39 is 0 Å². The lowest BCUT2D eigenvalue weighted by Crippen LogP contribution is -2.49. The minimum absolute atomic E-state index is 0.130. The Labute approximate surface area is 125 Å². The number of para-hydroxylation sites is 1. The highest BCUT2D eigenvalue weighted by molar-refractivity contribution is 5.28. The largest absolute Gasteiger partial charge is 0.394 e. The van der Waals surface area contributed by atoms with Gasteiger partial charge in [-0.05, 0) is 25.0 Å². The lowest BCUT2D eigenvalue weighted by atomic mass is 9.82. The molecular formula is C16H22N4O. The molecule has 1 fully saturated rings. The van der Waals surface area contributed by atoms with Gasteiger partial charge in [-0.2, -0.15) is 15.0 Å². The molecule has 0 bridgehead atoms. The van der Waals surface area contributed by atoms with Crippen LogP contribution in [-0.2, 0) is 6.54 Å². The molecule has 2 N–H and O–H groups in total. The van der Waals surface area contributed by atoms with Crippen molar-refractivity contribution in [2.24, 2.45) is 0 Å². The van der Waals surface area contributed by atoms with Crippen molar-refractivity contribution in [1.29, 1.82) is 0 Å². The smallest absolute Gasteiger partial charge is 0.0969 e. The number of nitrogens with one attached hydrogen (secondary N) is 1. The summed E-state index contributed by atoms with van der Waals surface area (Å²) in [6.07, 6.45) is 7.50. The standard InChI is InChI=1S/C16H22N4O/c21-13-16(9-5-2-6-10-16)17-11-14-12-18-20(19-14)15-7-3-1-4-8-15/h1,3-4,7-8,12,17,21H,2,5-6,9-11,13H2. The molecule has 1 aliphatic rings. The van der Waals surface area contributed by atoms with E-state index in [4.69, 9.17) is 0 Å². The summed E-state index contributed by atoms with van der Waals surface area (Å²) in [5.41, 5.74) is 1.73. The molecule has 2 aromatic rings. The van der Waals surface area contributed by atoms with Crippen molar-refractivity contribution in [3.8, 4) is 5.69 Å². The lowest BCUT2D eigenvalue weighted by molar-refractivity contribution is 0.119. The predicted octanol–water partition coefficient (Wildman–Crippen LogP) is 2.05. The molecular weight excluding hydrogens is 264 g/mol. The summed E-state index contributed by atoms with van der Waals surface area (Å²) in [5, 5.41) is 22.0. The molecule has 3 rings (SSSR count). The molecule has 0 saturated heterocycles. The first-order valence-corrected chi connectivity index (χ1v) is 7.64. The van der Waals surface area contributed by atoms with E-state index in [0.29, 0.717) is 6.54 Å². The molecule has 0 unspecified atom stereocenters. The summed E-state index contributed by atoms with van der Waals surface area (Å²) in [6, 6.07) is 9.88. The maximum Gasteiger partial charge on any atom is 0.0969 e. The Morgan fingerprint density at radius 3 is 2.62 bits per heavy atom. The van der Waals surface area contributed by atoms with E-state index in [2.05, 4.69) is 15.5 Å². The van der Waals surface area contributed by atoms with Gasteiger partial charge in [0, 0.05) is 12.1 Å². The zero-order valence-corrected chi connectivity index (χ0v) is 12.2. The number of rotatable bonds is 5. The topological polar surface area (TPSA) is 63.0 Å². The fourth-order valence-electron chi connectivity index (χ4n) is 2.96. The molecule has 1 saturated carbocycles. The zero-order valence-electron chi connectivity index (χ0n) is 12.2. The molecule has 1 aliphatic carbocycles. The van der Waals surface area contributed by atoms with Crippen LogP contribution in [0.4, 0.5) is 0 Å². The fraction of sp³-hybridized carbons (Fsp3) is 0.500. The van der Waals surface area contributed by atoms with Gasteiger partial charge in [0.1, 0.15) is 0 Å². The van der Waals surface area contributed by atoms with Gasteiger partial charge in [0.15, 0.2) is 0 Å². The molecule has 0 atom stereocenters. The second kappa shape index (κ2) is 6.37. The van der Waals surface area contributed by atoms with Crippen molar-refractivity contribution in [2.75, 3.05) is 6.61 Å². The predicted molar refractivity (Wildman–Crippen MR) is 81.1 cm³/mol. The third-order valence-electron chi connectivity index (χ3n) is 4.28. The first-order chi connectivity index (χ1) is 10.3. The van der Waals surface area contributed by atoms with Crippen LogP contribution in [0.15, 0.2) is 36.5 Å². The Morgan fingerprint density at radius 1 is 1.14 bits per heavy atom. The van der Waals surface area contributed by atoms with Crippen LogP contribution >= 0.6 is 0 Å². The second-order valence-corrected chi connectivity index (χ2v) is 5.81. The van der Waals surface area contributed by atoms with E-state index in [-0.39, 0.29) is 12.1 Å². The van der Waals surface area contributed by atoms with Crippen LogP contribution in [0, 0.1) is 0 Å². The summed E-state index contributed by atoms with van der Waals surface area (Å²) >= 11 is 0. The maximum absolute atomic E-state index is 9.70. The van der Waals surface area contributed by atoms with Crippen molar-refractivity contribution in [3.63, 3.8) is 0 Å². The summed E-state index contributed by atoms with van der Waals surface area (Å²) < 4.78 is 0. The number of benzene rings is 1. The normalized spacial score (nSPS) is 17.8. The number of hydrogen-bond acceptors (Lipinski definition) is 4. The molecule has 21 heavy (non-hydrogen) atoms. The number of hydrogen-bond donors (Lipinski definition) is 2. The molecule has 5 nitrogen and oxygen atoms in total. The molecule has 0 spiro atoms. The van der Waals surface area contributed by atoms with Crippen LogP contribution in [0.5, 0.6) is 0 Å². The van der Waals surface area contributed by atoms with Crippen LogP contribution in [0.1, 0.15) is 37.8 Å². The quantitative estimate of drug-likeness (QED) is 0.883. The van der Waals surface area contributed by atoms with Gasteiger partial charge in [-0.25, -0.2) is 0 Å². The van der Waals surface area contributed by atoms with Gasteiger partial charge in [0.25, 0.3) is 0 Å². The van der Waals surface area contributed by atoms with Crippen molar-refractivity contribution >= 4 is 0 Å². The monoisotopic (exact) mass is 286 g/mol. The highest BCUT2D eigenvalue weighted by Crippen LogP contribution is 2.27. The summed E-state index contributed by atoms with van der Waals surface area (Å²) in [5.74, 6) is 0. The van der Waals surface area contributed by atoms with E-state index in [1.807, 2.05) is 30.3 Å². The van der Waals surface area contributed by atoms with Gasteiger partial charge in [0.05, 0.1) is 24.2 Å². The Morgan fingerprint density at radius 2 is 1.90 bits per heavy atom. The van der Waals surface area contributed by atoms with E-state index in [1.54, 1.807) is 11.0 Å². The Bertz CT molecular complexity index is 561. The van der Waals surface area contributed by atoms with Gasteiger partial charge < -0.3 is 10.4 Å². The van der Waals surface area contributed by atoms with E-state index in [1.165, 1.54) is 19.3 Å². The number of aromatic nitrogens is 3. The summed E-state index contributed by atoms with van der Waals surface area (Å²) in [6.45, 7) is 0.840. The molecule has 1 aromatic heterocycles. The number of aliphatic hydroxyl groups excluding tert-OH is 1. The average molecular weight is 286 g/mol. The summed E-state index contributed by atoms with van der Waals surface area (Å²) in [7, 11) is 0. The third-order valence-corrected chi connectivity index (χ3v) is 4.28. The highest BCUT2D eigenvalue weighted by Gasteiger charge is 2.30. The Balaban J connectivity index is 1.65. The first kappa shape index (κ1) is 14.2. The van der Waals surface area contributed by atoms with E-state index in [0.717, 1.165) is 24.2 Å². The molecule has 1 heterocycles. The minimum atomic E-state index is -0.130. The summed E-state index contributed by atoms with van der Waals surface area (Å²) in [4.78, 5) is 1.64. The minimum Gasteiger partial charge on any atom is -0.394 e. The Kier molecular flexibility index (Phi) is 4.31. The second-order valence-electron chi connectivity index (χ2n) is 5.81. The molecule has 5 heteroatoms. The van der Waals surface area contributed by atoms with E-state index >= 15 is 0 Å². The average Bonchev–Trinajstić information content (AvgIpc) is 3.04. The maximum atomic E-state index is 9.70. The zero-order chi connectivity index (χ0) is 14.5. The SMILES string of the molecule is OCC1(NCc2cnn(-c3ccccc3)n2)CCCCC1. The van der Waals surface area contributed by atoms with Crippen molar-refractivity contribution < 1.29 is 5.11 Å². The van der Waals surface area contributed by atoms with E-state index in [9.17, 15) is 5.11 Å². The molecule has 0 aliphatic heterocycles.